The maximum atomic E-state index is 11.3. The molecule has 3 N–H and O–H groups in total. The molecular weight excluding hydrogens is 248 g/mol. The van der Waals surface area contributed by atoms with Gasteiger partial charge >= 0.3 is 0 Å². The number of hydrogen-bond acceptors (Lipinski definition) is 3. The van der Waals surface area contributed by atoms with E-state index in [0.29, 0.717) is 24.0 Å². The van der Waals surface area contributed by atoms with Gasteiger partial charge in [-0.3, -0.25) is 4.79 Å². The lowest BCUT2D eigenvalue weighted by Crippen LogP contribution is -2.23. The molecule has 0 radical (unpaired) electrons. The van der Waals surface area contributed by atoms with Crippen LogP contribution in [0.25, 0.3) is 0 Å². The van der Waals surface area contributed by atoms with Crippen molar-refractivity contribution in [1.82, 2.24) is 5.32 Å². The molecule has 0 aliphatic carbocycles. The summed E-state index contributed by atoms with van der Waals surface area (Å²) in [5.74, 6) is 2.31. The van der Waals surface area contributed by atoms with Gasteiger partial charge in [-0.15, -0.1) is 0 Å². The number of nitrogens with two attached hydrogens (primary N) is 1. The first kappa shape index (κ1) is 21.9. The topological polar surface area (TPSA) is 55.1 Å². The molecule has 0 aliphatic heterocycles. The molecule has 20 heavy (non-hydrogen) atoms. The fourth-order valence-electron chi connectivity index (χ4n) is 1.44. The Bertz CT molecular complexity index is 213. The Morgan fingerprint density at radius 2 is 1.60 bits per heavy atom. The Morgan fingerprint density at radius 3 is 1.95 bits per heavy atom. The van der Waals surface area contributed by atoms with Crippen molar-refractivity contribution < 1.29 is 4.79 Å². The fraction of sp³-hybridized carbons (Fsp3) is 0.941. The minimum Gasteiger partial charge on any atom is -0.330 e. The quantitative estimate of drug-likeness (QED) is 0.603. The first-order valence-corrected chi connectivity index (χ1v) is 8.29. The molecule has 0 rings (SSSR count). The molecule has 0 amide bonds. The van der Waals surface area contributed by atoms with Gasteiger partial charge in [0.05, 0.1) is 0 Å². The molecule has 3 heteroatoms. The first-order valence-electron chi connectivity index (χ1n) is 8.29. The smallest absolute Gasteiger partial charge is 0.134 e. The third-order valence-corrected chi connectivity index (χ3v) is 3.51. The molecule has 0 aromatic carbocycles. The monoisotopic (exact) mass is 286 g/mol. The van der Waals surface area contributed by atoms with Gasteiger partial charge in [-0.1, -0.05) is 54.4 Å². The van der Waals surface area contributed by atoms with Crippen molar-refractivity contribution in [3.63, 3.8) is 0 Å². The SMILES string of the molecule is CCC(C)CN.CCC(C)CNCCC(=O)CC(C)C. The zero-order valence-electron chi connectivity index (χ0n) is 14.7. The molecule has 0 aliphatic rings. The molecule has 0 aromatic heterocycles. The summed E-state index contributed by atoms with van der Waals surface area (Å²) in [6.45, 7) is 15.6. The van der Waals surface area contributed by atoms with Gasteiger partial charge < -0.3 is 11.1 Å². The summed E-state index contributed by atoms with van der Waals surface area (Å²) in [6.07, 6.45) is 3.82. The molecule has 3 nitrogen and oxygen atoms in total. The van der Waals surface area contributed by atoms with E-state index in [4.69, 9.17) is 5.73 Å². The van der Waals surface area contributed by atoms with Crippen molar-refractivity contribution in [2.45, 2.75) is 67.2 Å². The van der Waals surface area contributed by atoms with Crippen molar-refractivity contribution in [1.29, 1.82) is 0 Å². The highest BCUT2D eigenvalue weighted by Crippen LogP contribution is 2.02. The standard InChI is InChI=1S/C12H25NO.C5H13N/c1-5-11(4)9-13-7-6-12(14)8-10(2)3;1-3-5(2)4-6/h10-11,13H,5-9H2,1-4H3;5H,3-4,6H2,1-2H3. The van der Waals surface area contributed by atoms with Crippen molar-refractivity contribution in [3.8, 4) is 0 Å². The number of ketones is 1. The molecular formula is C17H38N2O. The van der Waals surface area contributed by atoms with Crippen LogP contribution in [0.15, 0.2) is 0 Å². The third kappa shape index (κ3) is 17.6. The zero-order chi connectivity index (χ0) is 16.0. The summed E-state index contributed by atoms with van der Waals surface area (Å²) in [4.78, 5) is 11.3. The van der Waals surface area contributed by atoms with Gasteiger partial charge in [-0.05, 0) is 30.8 Å². The van der Waals surface area contributed by atoms with Gasteiger partial charge in [-0.25, -0.2) is 0 Å². The second-order valence-electron chi connectivity index (χ2n) is 6.35. The van der Waals surface area contributed by atoms with Crippen LogP contribution in [0.5, 0.6) is 0 Å². The minimum absolute atomic E-state index is 0.386. The van der Waals surface area contributed by atoms with Crippen LogP contribution in [0, 0.1) is 17.8 Å². The number of carbonyl (C=O) groups is 1. The number of rotatable bonds is 10. The molecule has 0 heterocycles. The van der Waals surface area contributed by atoms with Crippen LogP contribution in [0.3, 0.4) is 0 Å². The van der Waals surface area contributed by atoms with Crippen LogP contribution in [-0.4, -0.2) is 25.4 Å². The van der Waals surface area contributed by atoms with Crippen LogP contribution in [0.2, 0.25) is 0 Å². The van der Waals surface area contributed by atoms with E-state index in [1.807, 2.05) is 0 Å². The summed E-state index contributed by atoms with van der Waals surface area (Å²) in [7, 11) is 0. The van der Waals surface area contributed by atoms with Crippen molar-refractivity contribution in [3.05, 3.63) is 0 Å². The first-order chi connectivity index (χ1) is 9.37. The van der Waals surface area contributed by atoms with Gasteiger partial charge in [0.2, 0.25) is 0 Å². The predicted molar refractivity (Wildman–Crippen MR) is 89.9 cm³/mol. The van der Waals surface area contributed by atoms with E-state index in [2.05, 4.69) is 46.9 Å². The van der Waals surface area contributed by atoms with E-state index in [9.17, 15) is 4.79 Å². The van der Waals surface area contributed by atoms with Crippen LogP contribution in [-0.2, 0) is 4.79 Å². The number of hydrogen-bond donors (Lipinski definition) is 2. The number of nitrogens with one attached hydrogen (secondary N) is 1. The molecule has 0 spiro atoms. The Hall–Kier alpha value is -0.410. The summed E-state index contributed by atoms with van der Waals surface area (Å²) < 4.78 is 0. The number of carbonyl (C=O) groups excluding carboxylic acids is 1. The molecule has 2 unspecified atom stereocenters. The van der Waals surface area contributed by atoms with E-state index in [-0.39, 0.29) is 0 Å². The molecule has 0 saturated heterocycles. The maximum absolute atomic E-state index is 11.3. The van der Waals surface area contributed by atoms with Gasteiger partial charge in [0.1, 0.15) is 5.78 Å². The highest BCUT2D eigenvalue weighted by Gasteiger charge is 2.04. The summed E-state index contributed by atoms with van der Waals surface area (Å²) >= 11 is 0. The van der Waals surface area contributed by atoms with E-state index < -0.39 is 0 Å². The van der Waals surface area contributed by atoms with Crippen molar-refractivity contribution in [2.24, 2.45) is 23.5 Å². The van der Waals surface area contributed by atoms with Gasteiger partial charge in [-0.2, -0.15) is 0 Å². The van der Waals surface area contributed by atoms with Gasteiger partial charge in [0, 0.05) is 19.4 Å². The fourth-order valence-corrected chi connectivity index (χ4v) is 1.44. The Labute approximate surface area is 127 Å². The van der Waals surface area contributed by atoms with E-state index in [0.717, 1.165) is 32.0 Å². The van der Waals surface area contributed by atoms with Crippen LogP contribution < -0.4 is 11.1 Å². The largest absolute Gasteiger partial charge is 0.330 e. The third-order valence-electron chi connectivity index (χ3n) is 3.51. The second kappa shape index (κ2) is 15.0. The molecule has 2 atom stereocenters. The predicted octanol–water partition coefficient (Wildman–Crippen LogP) is 3.62. The van der Waals surface area contributed by atoms with Crippen LogP contribution in [0.4, 0.5) is 0 Å². The minimum atomic E-state index is 0.386. The normalized spacial score (nSPS) is 13.6. The maximum Gasteiger partial charge on any atom is 0.134 e. The van der Waals surface area contributed by atoms with Gasteiger partial charge in [0.25, 0.3) is 0 Å². The Balaban J connectivity index is 0. The summed E-state index contributed by atoms with van der Waals surface area (Å²) in [5, 5.41) is 3.32. The molecule has 0 aromatic rings. The van der Waals surface area contributed by atoms with Crippen LogP contribution in [0.1, 0.15) is 67.2 Å². The lowest BCUT2D eigenvalue weighted by Gasteiger charge is -2.09. The van der Waals surface area contributed by atoms with E-state index in [1.165, 1.54) is 12.8 Å². The molecule has 122 valence electrons. The van der Waals surface area contributed by atoms with E-state index >= 15 is 0 Å². The lowest BCUT2D eigenvalue weighted by atomic mass is 10.1. The highest BCUT2D eigenvalue weighted by molar-refractivity contribution is 5.78. The zero-order valence-corrected chi connectivity index (χ0v) is 14.7. The van der Waals surface area contributed by atoms with Crippen molar-refractivity contribution >= 4 is 5.78 Å². The molecule has 0 fully saturated rings. The van der Waals surface area contributed by atoms with Crippen LogP contribution >= 0.6 is 0 Å². The second-order valence-corrected chi connectivity index (χ2v) is 6.35. The Morgan fingerprint density at radius 1 is 1.05 bits per heavy atom. The van der Waals surface area contributed by atoms with Gasteiger partial charge in [0.15, 0.2) is 0 Å². The van der Waals surface area contributed by atoms with Crippen molar-refractivity contribution in [2.75, 3.05) is 19.6 Å². The average Bonchev–Trinajstić information content (AvgIpc) is 2.42. The molecule has 0 saturated carbocycles. The molecule has 0 bridgehead atoms. The highest BCUT2D eigenvalue weighted by atomic mass is 16.1. The summed E-state index contributed by atoms with van der Waals surface area (Å²) in [5.41, 5.74) is 5.28. The number of Topliss-reactive ketones (excluding diaryl/α,β-unsaturated/α-hetero) is 1. The Kier molecular flexibility index (Phi) is 16.4. The summed E-state index contributed by atoms with van der Waals surface area (Å²) in [6, 6.07) is 0. The average molecular weight is 287 g/mol. The lowest BCUT2D eigenvalue weighted by molar-refractivity contribution is -0.119. The van der Waals surface area contributed by atoms with E-state index in [1.54, 1.807) is 0 Å².